The first-order valence-electron chi connectivity index (χ1n) is 10.9. The molecule has 8 nitrogen and oxygen atoms in total. The molecule has 0 unspecified atom stereocenters. The SMILES string of the molecule is C[C@@H]1CN(c2nc(-c3ccc(F)c(F)c3)ccc2C(=O)NS(=O)(=O)c2ccc[nH]c2=O)C(C)(C)C1. The number of hydrogen-bond donors (Lipinski definition) is 2. The number of hydrogen-bond acceptors (Lipinski definition) is 6. The van der Waals surface area contributed by atoms with E-state index in [0.717, 1.165) is 24.6 Å². The highest BCUT2D eigenvalue weighted by atomic mass is 32.2. The van der Waals surface area contributed by atoms with Gasteiger partial charge in [-0.3, -0.25) is 9.59 Å². The molecule has 3 heterocycles. The molecule has 184 valence electrons. The first kappa shape index (κ1) is 24.5. The molecule has 0 spiro atoms. The first-order valence-corrected chi connectivity index (χ1v) is 12.4. The number of carbonyl (C=O) groups is 1. The van der Waals surface area contributed by atoms with E-state index in [-0.39, 0.29) is 23.0 Å². The minimum absolute atomic E-state index is 0.0329. The number of sulfonamides is 1. The van der Waals surface area contributed by atoms with Crippen molar-refractivity contribution in [3.8, 4) is 11.3 Å². The molecule has 1 saturated heterocycles. The van der Waals surface area contributed by atoms with E-state index >= 15 is 0 Å². The van der Waals surface area contributed by atoms with Crippen LogP contribution in [0.1, 0.15) is 37.6 Å². The lowest BCUT2D eigenvalue weighted by atomic mass is 9.97. The Balaban J connectivity index is 1.80. The van der Waals surface area contributed by atoms with Crippen molar-refractivity contribution < 1.29 is 22.0 Å². The van der Waals surface area contributed by atoms with Crippen LogP contribution in [0.2, 0.25) is 0 Å². The Bertz CT molecular complexity index is 1470. The third-order valence-electron chi connectivity index (χ3n) is 5.96. The van der Waals surface area contributed by atoms with Gasteiger partial charge in [0.25, 0.3) is 21.5 Å². The Kier molecular flexibility index (Phi) is 6.22. The van der Waals surface area contributed by atoms with Crippen molar-refractivity contribution in [3.05, 3.63) is 76.2 Å². The van der Waals surface area contributed by atoms with Crippen LogP contribution < -0.4 is 15.2 Å². The summed E-state index contributed by atoms with van der Waals surface area (Å²) in [5.41, 5.74) is -0.730. The molecule has 3 aromatic rings. The lowest BCUT2D eigenvalue weighted by molar-refractivity contribution is 0.0981. The predicted molar refractivity (Wildman–Crippen MR) is 127 cm³/mol. The lowest BCUT2D eigenvalue weighted by Gasteiger charge is -2.34. The van der Waals surface area contributed by atoms with E-state index in [4.69, 9.17) is 0 Å². The van der Waals surface area contributed by atoms with Gasteiger partial charge in [0, 0.05) is 23.8 Å². The van der Waals surface area contributed by atoms with Crippen LogP contribution in [0.5, 0.6) is 0 Å². The highest BCUT2D eigenvalue weighted by Crippen LogP contribution is 2.38. The number of amides is 1. The van der Waals surface area contributed by atoms with Crippen molar-refractivity contribution in [3.63, 3.8) is 0 Å². The molecule has 0 saturated carbocycles. The number of rotatable bonds is 5. The number of carbonyl (C=O) groups excluding carboxylic acids is 1. The minimum Gasteiger partial charge on any atom is -0.351 e. The summed E-state index contributed by atoms with van der Waals surface area (Å²) in [5.74, 6) is -2.54. The van der Waals surface area contributed by atoms with Gasteiger partial charge in [0.05, 0.1) is 11.3 Å². The average Bonchev–Trinajstić information content (AvgIpc) is 3.06. The van der Waals surface area contributed by atoms with E-state index in [0.29, 0.717) is 12.1 Å². The van der Waals surface area contributed by atoms with Crippen molar-refractivity contribution in [1.29, 1.82) is 0 Å². The Labute approximate surface area is 201 Å². The fraction of sp³-hybridized carbons (Fsp3) is 0.292. The summed E-state index contributed by atoms with van der Waals surface area (Å²) in [4.78, 5) is 33.3. The smallest absolute Gasteiger partial charge is 0.269 e. The second-order valence-corrected chi connectivity index (χ2v) is 10.9. The number of nitrogens with one attached hydrogen (secondary N) is 2. The number of nitrogens with zero attached hydrogens (tertiary/aromatic N) is 2. The molecule has 35 heavy (non-hydrogen) atoms. The van der Waals surface area contributed by atoms with E-state index in [1.165, 1.54) is 30.5 Å². The van der Waals surface area contributed by atoms with Crippen molar-refractivity contribution in [2.24, 2.45) is 5.92 Å². The van der Waals surface area contributed by atoms with Crippen LogP contribution in [-0.2, 0) is 10.0 Å². The number of anilines is 1. The van der Waals surface area contributed by atoms with Crippen LogP contribution in [0, 0.1) is 17.6 Å². The van der Waals surface area contributed by atoms with Crippen LogP contribution in [0.25, 0.3) is 11.3 Å². The Morgan fingerprint density at radius 2 is 1.91 bits per heavy atom. The second-order valence-electron chi connectivity index (χ2n) is 9.23. The van der Waals surface area contributed by atoms with Gasteiger partial charge in [-0.1, -0.05) is 6.92 Å². The van der Waals surface area contributed by atoms with Crippen LogP contribution in [0.4, 0.5) is 14.6 Å². The summed E-state index contributed by atoms with van der Waals surface area (Å²) >= 11 is 0. The Hall–Kier alpha value is -3.60. The van der Waals surface area contributed by atoms with Gasteiger partial charge in [-0.2, -0.15) is 0 Å². The summed E-state index contributed by atoms with van der Waals surface area (Å²) in [7, 11) is -4.47. The molecule has 1 aromatic carbocycles. The number of halogens is 2. The van der Waals surface area contributed by atoms with Crippen molar-refractivity contribution >= 4 is 21.7 Å². The zero-order chi connectivity index (χ0) is 25.5. The lowest BCUT2D eigenvalue weighted by Crippen LogP contribution is -2.41. The van der Waals surface area contributed by atoms with Gasteiger partial charge in [0.1, 0.15) is 5.82 Å². The summed E-state index contributed by atoms with van der Waals surface area (Å²) < 4.78 is 54.7. The fourth-order valence-electron chi connectivity index (χ4n) is 4.46. The number of benzene rings is 1. The zero-order valence-electron chi connectivity index (χ0n) is 19.3. The molecule has 1 atom stereocenters. The van der Waals surface area contributed by atoms with E-state index < -0.39 is 43.6 Å². The van der Waals surface area contributed by atoms with Gasteiger partial charge in [-0.15, -0.1) is 0 Å². The molecular formula is C24H24F2N4O4S. The predicted octanol–water partition coefficient (Wildman–Crippen LogP) is 3.46. The average molecular weight is 503 g/mol. The Morgan fingerprint density at radius 3 is 2.54 bits per heavy atom. The minimum atomic E-state index is -4.47. The van der Waals surface area contributed by atoms with Gasteiger partial charge in [0.2, 0.25) is 0 Å². The molecule has 1 fully saturated rings. The maximum Gasteiger partial charge on any atom is 0.269 e. The Morgan fingerprint density at radius 1 is 1.17 bits per heavy atom. The van der Waals surface area contributed by atoms with E-state index in [9.17, 15) is 26.8 Å². The van der Waals surface area contributed by atoms with Gasteiger partial charge < -0.3 is 9.88 Å². The standard InChI is InChI=1S/C24H24F2N4O4S/c1-14-12-24(2,3)30(13-14)21-16(7-9-19(28-21)15-6-8-17(25)18(26)11-15)22(31)29-35(33,34)20-5-4-10-27-23(20)32/h4-11,14H,12-13H2,1-3H3,(H,27,32)(H,29,31)/t14-/m0/s1. The summed E-state index contributed by atoms with van der Waals surface area (Å²) in [6, 6.07) is 8.60. The molecule has 11 heteroatoms. The summed E-state index contributed by atoms with van der Waals surface area (Å²) in [5, 5.41) is 0. The van der Waals surface area contributed by atoms with Crippen molar-refractivity contribution in [2.45, 2.75) is 37.6 Å². The molecule has 2 N–H and O–H groups in total. The molecule has 4 rings (SSSR count). The molecule has 0 aliphatic carbocycles. The number of H-pyrrole nitrogens is 1. The third-order valence-corrected chi connectivity index (χ3v) is 7.32. The fourth-order valence-corrected chi connectivity index (χ4v) is 5.48. The van der Waals surface area contributed by atoms with Crippen LogP contribution >= 0.6 is 0 Å². The van der Waals surface area contributed by atoms with E-state index in [1.54, 1.807) is 0 Å². The van der Waals surface area contributed by atoms with E-state index in [1.807, 2.05) is 30.4 Å². The van der Waals surface area contributed by atoms with Gasteiger partial charge >= 0.3 is 0 Å². The quantitative estimate of drug-likeness (QED) is 0.553. The van der Waals surface area contributed by atoms with Gasteiger partial charge in [-0.05, 0) is 68.7 Å². The normalized spacial score (nSPS) is 17.4. The molecule has 1 amide bonds. The molecular weight excluding hydrogens is 478 g/mol. The highest BCUT2D eigenvalue weighted by molar-refractivity contribution is 7.90. The summed E-state index contributed by atoms with van der Waals surface area (Å²) in [6.45, 7) is 6.55. The van der Waals surface area contributed by atoms with Crippen LogP contribution in [0.15, 0.2) is 58.4 Å². The van der Waals surface area contributed by atoms with Crippen molar-refractivity contribution in [1.82, 2.24) is 14.7 Å². The number of aromatic nitrogens is 2. The van der Waals surface area contributed by atoms with Gasteiger partial charge in [-0.25, -0.2) is 26.9 Å². The number of aromatic amines is 1. The molecule has 1 aliphatic heterocycles. The van der Waals surface area contributed by atoms with E-state index in [2.05, 4.69) is 9.97 Å². The largest absolute Gasteiger partial charge is 0.351 e. The highest BCUT2D eigenvalue weighted by Gasteiger charge is 2.39. The molecule has 2 aromatic heterocycles. The van der Waals surface area contributed by atoms with Crippen molar-refractivity contribution in [2.75, 3.05) is 11.4 Å². The maximum atomic E-state index is 13.9. The monoisotopic (exact) mass is 502 g/mol. The van der Waals surface area contributed by atoms with Crippen LogP contribution in [0.3, 0.4) is 0 Å². The maximum absolute atomic E-state index is 13.9. The molecule has 0 bridgehead atoms. The number of pyridine rings is 2. The third kappa shape index (κ3) is 4.81. The van der Waals surface area contributed by atoms with Crippen LogP contribution in [-0.4, -0.2) is 36.4 Å². The zero-order valence-corrected chi connectivity index (χ0v) is 20.1. The first-order chi connectivity index (χ1) is 16.4. The summed E-state index contributed by atoms with van der Waals surface area (Å²) in [6.07, 6.45) is 2.07. The molecule has 1 aliphatic rings. The molecule has 0 radical (unpaired) electrons. The van der Waals surface area contributed by atoms with Gasteiger partial charge in [0.15, 0.2) is 16.5 Å². The topological polar surface area (TPSA) is 112 Å². The second kappa shape index (κ2) is 8.88.